The fourth-order valence-corrected chi connectivity index (χ4v) is 3.05. The number of hydrogen-bond acceptors (Lipinski definition) is 1. The van der Waals surface area contributed by atoms with Gasteiger partial charge in [-0.3, -0.25) is 0 Å². The van der Waals surface area contributed by atoms with Gasteiger partial charge in [-0.1, -0.05) is 35.4 Å². The van der Waals surface area contributed by atoms with E-state index >= 15 is 0 Å². The van der Waals surface area contributed by atoms with E-state index in [9.17, 15) is 0 Å². The van der Waals surface area contributed by atoms with Crippen molar-refractivity contribution in [3.63, 3.8) is 0 Å². The van der Waals surface area contributed by atoms with E-state index in [1.54, 1.807) is 11.3 Å². The Labute approximate surface area is 106 Å². The summed E-state index contributed by atoms with van der Waals surface area (Å²) in [6, 6.07) is 10.8. The summed E-state index contributed by atoms with van der Waals surface area (Å²) in [6.07, 6.45) is 0.919. The molecule has 0 aliphatic rings. The molecule has 0 bridgehead atoms. The highest BCUT2D eigenvalue weighted by molar-refractivity contribution is 7.09. The second kappa shape index (κ2) is 5.03. The fraction of sp³-hybridized carbons (Fsp3) is 0.286. The minimum atomic E-state index is 0.0808. The minimum absolute atomic E-state index is 0.0808. The molecule has 1 aromatic carbocycles. The van der Waals surface area contributed by atoms with E-state index in [2.05, 4.69) is 49.6 Å². The van der Waals surface area contributed by atoms with Crippen molar-refractivity contribution in [2.75, 3.05) is 0 Å². The molecule has 0 aliphatic heterocycles. The second-order valence-electron chi connectivity index (χ2n) is 4.17. The maximum Gasteiger partial charge on any atom is 0.0633 e. The molecule has 0 aliphatic carbocycles. The van der Waals surface area contributed by atoms with Gasteiger partial charge in [-0.15, -0.1) is 22.9 Å². The number of alkyl halides is 1. The van der Waals surface area contributed by atoms with E-state index in [1.807, 2.05) is 0 Å². The number of hydrogen-bond donors (Lipinski definition) is 0. The van der Waals surface area contributed by atoms with Gasteiger partial charge in [0.1, 0.15) is 0 Å². The average molecular weight is 251 g/mol. The molecule has 84 valence electrons. The van der Waals surface area contributed by atoms with Crippen LogP contribution in [0.1, 0.15) is 26.9 Å². The second-order valence-corrected chi connectivity index (χ2v) is 5.73. The summed E-state index contributed by atoms with van der Waals surface area (Å²) >= 11 is 8.22. The molecule has 2 aromatic rings. The van der Waals surface area contributed by atoms with Gasteiger partial charge in [0, 0.05) is 11.3 Å². The Kier molecular flexibility index (Phi) is 3.67. The molecule has 1 aromatic heterocycles. The van der Waals surface area contributed by atoms with E-state index < -0.39 is 0 Å². The Morgan fingerprint density at radius 2 is 1.88 bits per heavy atom. The van der Waals surface area contributed by atoms with Gasteiger partial charge < -0.3 is 0 Å². The number of benzene rings is 1. The average Bonchev–Trinajstić information content (AvgIpc) is 2.68. The normalized spacial score (nSPS) is 12.7. The zero-order chi connectivity index (χ0) is 11.5. The third kappa shape index (κ3) is 2.87. The predicted molar refractivity (Wildman–Crippen MR) is 72.5 cm³/mol. The molecule has 2 rings (SSSR count). The van der Waals surface area contributed by atoms with E-state index in [-0.39, 0.29) is 5.38 Å². The number of thiophene rings is 1. The van der Waals surface area contributed by atoms with Crippen molar-refractivity contribution in [1.82, 2.24) is 0 Å². The van der Waals surface area contributed by atoms with Crippen LogP contribution in [0.2, 0.25) is 0 Å². The molecule has 0 radical (unpaired) electrons. The fourth-order valence-electron chi connectivity index (χ4n) is 1.91. The van der Waals surface area contributed by atoms with Crippen LogP contribution in [0, 0.1) is 13.8 Å². The first-order valence-electron chi connectivity index (χ1n) is 5.40. The molecule has 1 unspecified atom stereocenters. The van der Waals surface area contributed by atoms with Gasteiger partial charge in [0.05, 0.1) is 5.38 Å². The summed E-state index contributed by atoms with van der Waals surface area (Å²) < 4.78 is 0. The summed E-state index contributed by atoms with van der Waals surface area (Å²) in [5, 5.41) is 2.18. The highest BCUT2D eigenvalue weighted by Crippen LogP contribution is 2.28. The van der Waals surface area contributed by atoms with E-state index in [0.717, 1.165) is 6.42 Å². The van der Waals surface area contributed by atoms with Crippen LogP contribution in [0.15, 0.2) is 35.7 Å². The van der Waals surface area contributed by atoms with Gasteiger partial charge in [-0.05, 0) is 30.9 Å². The molecule has 0 spiro atoms. The van der Waals surface area contributed by atoms with Crippen LogP contribution < -0.4 is 0 Å². The summed E-state index contributed by atoms with van der Waals surface area (Å²) in [7, 11) is 0. The lowest BCUT2D eigenvalue weighted by atomic mass is 10.0. The summed E-state index contributed by atoms with van der Waals surface area (Å²) in [4.78, 5) is 1.35. The molecule has 0 fully saturated rings. The third-order valence-corrected chi connectivity index (χ3v) is 3.87. The topological polar surface area (TPSA) is 0 Å². The van der Waals surface area contributed by atoms with Gasteiger partial charge in [0.2, 0.25) is 0 Å². The van der Waals surface area contributed by atoms with Crippen molar-refractivity contribution in [3.8, 4) is 0 Å². The van der Waals surface area contributed by atoms with Crippen molar-refractivity contribution in [2.24, 2.45) is 0 Å². The monoisotopic (exact) mass is 250 g/mol. The molecule has 0 saturated heterocycles. The first-order chi connectivity index (χ1) is 7.65. The smallest absolute Gasteiger partial charge is 0.0633 e. The van der Waals surface area contributed by atoms with Crippen molar-refractivity contribution in [2.45, 2.75) is 25.6 Å². The molecular weight excluding hydrogens is 236 g/mol. The number of rotatable bonds is 3. The zero-order valence-electron chi connectivity index (χ0n) is 9.53. The predicted octanol–water partition coefficient (Wildman–Crippen LogP) is 4.89. The van der Waals surface area contributed by atoms with Crippen LogP contribution in [0.3, 0.4) is 0 Å². The lowest BCUT2D eigenvalue weighted by molar-refractivity contribution is 0.933. The summed E-state index contributed by atoms with van der Waals surface area (Å²) in [5.41, 5.74) is 3.80. The van der Waals surface area contributed by atoms with E-state index in [0.29, 0.717) is 0 Å². The highest BCUT2D eigenvalue weighted by atomic mass is 35.5. The maximum absolute atomic E-state index is 6.45. The maximum atomic E-state index is 6.45. The molecule has 1 heterocycles. The van der Waals surface area contributed by atoms with E-state index in [4.69, 9.17) is 11.6 Å². The quantitative estimate of drug-likeness (QED) is 0.681. The van der Waals surface area contributed by atoms with E-state index in [1.165, 1.54) is 21.6 Å². The zero-order valence-corrected chi connectivity index (χ0v) is 11.1. The first-order valence-corrected chi connectivity index (χ1v) is 6.71. The molecule has 0 N–H and O–H groups in total. The minimum Gasteiger partial charge on any atom is -0.149 e. The molecule has 1 atom stereocenters. The third-order valence-electron chi connectivity index (χ3n) is 2.57. The summed E-state index contributed by atoms with van der Waals surface area (Å²) in [5.74, 6) is 0. The lowest BCUT2D eigenvalue weighted by Crippen LogP contribution is -1.95. The molecular formula is C14H15ClS. The van der Waals surface area contributed by atoms with Crippen LogP contribution in [0.25, 0.3) is 0 Å². The van der Waals surface area contributed by atoms with Crippen LogP contribution in [0.5, 0.6) is 0 Å². The van der Waals surface area contributed by atoms with Gasteiger partial charge >= 0.3 is 0 Å². The highest BCUT2D eigenvalue weighted by Gasteiger charge is 2.10. The van der Waals surface area contributed by atoms with Crippen LogP contribution in [-0.2, 0) is 6.42 Å². The van der Waals surface area contributed by atoms with Gasteiger partial charge in [-0.2, -0.15) is 0 Å². The molecule has 0 saturated carbocycles. The molecule has 0 nitrogen and oxygen atoms in total. The van der Waals surface area contributed by atoms with Crippen molar-refractivity contribution in [1.29, 1.82) is 0 Å². The Bertz CT molecular complexity index is 439. The van der Waals surface area contributed by atoms with Gasteiger partial charge in [0.25, 0.3) is 0 Å². The molecule has 0 amide bonds. The van der Waals surface area contributed by atoms with Crippen molar-refractivity contribution < 1.29 is 0 Å². The Hall–Kier alpha value is -0.790. The van der Waals surface area contributed by atoms with Crippen molar-refractivity contribution in [3.05, 3.63) is 57.3 Å². The Balaban J connectivity index is 2.17. The lowest BCUT2D eigenvalue weighted by Gasteiger charge is -2.10. The molecule has 16 heavy (non-hydrogen) atoms. The summed E-state index contributed by atoms with van der Waals surface area (Å²) in [6.45, 7) is 4.23. The van der Waals surface area contributed by atoms with Crippen LogP contribution in [-0.4, -0.2) is 0 Å². The number of halogens is 1. The van der Waals surface area contributed by atoms with Crippen molar-refractivity contribution >= 4 is 22.9 Å². The van der Waals surface area contributed by atoms with Crippen LogP contribution in [0.4, 0.5) is 0 Å². The number of aryl methyl sites for hydroxylation is 2. The first kappa shape index (κ1) is 11.7. The Morgan fingerprint density at radius 3 is 2.44 bits per heavy atom. The van der Waals surface area contributed by atoms with Gasteiger partial charge in [-0.25, -0.2) is 0 Å². The molecule has 2 heteroatoms. The Morgan fingerprint density at radius 1 is 1.19 bits per heavy atom. The SMILES string of the molecule is Cc1cc(C)cc(C(Cl)Cc2cccs2)c1. The van der Waals surface area contributed by atoms with Crippen LogP contribution >= 0.6 is 22.9 Å². The van der Waals surface area contributed by atoms with Gasteiger partial charge in [0.15, 0.2) is 0 Å². The standard InChI is InChI=1S/C14H15ClS/c1-10-6-11(2)8-12(7-10)14(15)9-13-4-3-5-16-13/h3-8,14H,9H2,1-2H3. The largest absolute Gasteiger partial charge is 0.149 e.